The summed E-state index contributed by atoms with van der Waals surface area (Å²) in [6.45, 7) is 5.11. The lowest BCUT2D eigenvalue weighted by Crippen LogP contribution is -2.44. The number of carbonyl (C=O) groups is 1. The second kappa shape index (κ2) is 8.19. The first-order chi connectivity index (χ1) is 14.1. The molecule has 0 aliphatic carbocycles. The van der Waals surface area contributed by atoms with Gasteiger partial charge in [0.1, 0.15) is 11.2 Å². The molecule has 1 aromatic carbocycles. The third kappa shape index (κ3) is 3.69. The van der Waals surface area contributed by atoms with Crippen molar-refractivity contribution in [3.63, 3.8) is 0 Å². The lowest BCUT2D eigenvalue weighted by atomic mass is 9.99. The van der Waals surface area contributed by atoms with E-state index >= 15 is 0 Å². The fourth-order valence-electron chi connectivity index (χ4n) is 4.23. The summed E-state index contributed by atoms with van der Waals surface area (Å²) < 4.78 is 3.28. The molecule has 4 rings (SSSR count). The number of likely N-dealkylation sites (tertiary alicyclic amines) is 1. The number of nitrogens with zero attached hydrogens (tertiary/aromatic N) is 5. The number of piperidine rings is 1. The van der Waals surface area contributed by atoms with Crippen LogP contribution in [0.5, 0.6) is 0 Å². The Bertz CT molecular complexity index is 1070. The molecule has 1 aliphatic heterocycles. The Balaban J connectivity index is 1.59. The van der Waals surface area contributed by atoms with E-state index in [1.54, 1.807) is 15.4 Å². The van der Waals surface area contributed by atoms with Gasteiger partial charge in [-0.1, -0.05) is 25.1 Å². The van der Waals surface area contributed by atoms with Gasteiger partial charge in [0, 0.05) is 25.6 Å². The number of hydrogen-bond donors (Lipinski definition) is 0. The number of aromatic nitrogens is 4. The Hall–Kier alpha value is -2.96. The molecule has 0 spiro atoms. The molecule has 0 radical (unpaired) electrons. The quantitative estimate of drug-likeness (QED) is 0.668. The Morgan fingerprint density at radius 2 is 2.00 bits per heavy atom. The lowest BCUT2D eigenvalue weighted by Gasteiger charge is -2.35. The van der Waals surface area contributed by atoms with Gasteiger partial charge in [0.25, 0.3) is 5.56 Å². The van der Waals surface area contributed by atoms with Crippen LogP contribution in [0, 0.1) is 6.92 Å². The van der Waals surface area contributed by atoms with Crippen molar-refractivity contribution in [1.82, 2.24) is 24.2 Å². The van der Waals surface area contributed by atoms with E-state index in [1.807, 2.05) is 42.2 Å². The minimum atomic E-state index is -0.145. The molecule has 7 nitrogen and oxygen atoms in total. The summed E-state index contributed by atoms with van der Waals surface area (Å²) in [7, 11) is 0. The molecule has 1 atom stereocenters. The Labute approximate surface area is 170 Å². The van der Waals surface area contributed by atoms with Gasteiger partial charge < -0.3 is 4.90 Å². The van der Waals surface area contributed by atoms with E-state index in [4.69, 9.17) is 0 Å². The first-order valence-electron chi connectivity index (χ1n) is 10.4. The minimum Gasteiger partial charge on any atom is -0.340 e. The number of fused-ring (bicyclic) bond motifs is 1. The van der Waals surface area contributed by atoms with Gasteiger partial charge in [-0.25, -0.2) is 9.67 Å². The van der Waals surface area contributed by atoms with E-state index in [0.717, 1.165) is 31.5 Å². The number of benzene rings is 1. The summed E-state index contributed by atoms with van der Waals surface area (Å²) in [5, 5.41) is 4.83. The molecular weight excluding hydrogens is 366 g/mol. The molecule has 1 amide bonds. The van der Waals surface area contributed by atoms with Gasteiger partial charge in [-0.2, -0.15) is 5.10 Å². The van der Waals surface area contributed by atoms with Crippen LogP contribution in [0.25, 0.3) is 16.7 Å². The second-order valence-corrected chi connectivity index (χ2v) is 7.64. The predicted molar refractivity (Wildman–Crippen MR) is 112 cm³/mol. The third-order valence-electron chi connectivity index (χ3n) is 5.85. The van der Waals surface area contributed by atoms with Crippen LogP contribution in [-0.2, 0) is 11.3 Å². The minimum absolute atomic E-state index is 0.128. The van der Waals surface area contributed by atoms with Crippen molar-refractivity contribution in [2.75, 3.05) is 6.54 Å². The molecule has 29 heavy (non-hydrogen) atoms. The molecule has 0 bridgehead atoms. The van der Waals surface area contributed by atoms with Crippen molar-refractivity contribution in [2.45, 2.75) is 58.5 Å². The number of carbonyl (C=O) groups excluding carboxylic acids is 1. The standard InChI is InChI=1S/C22H27N5O2/c1-3-17-9-7-8-13-26(17)20(28)12-14-25-16(2)24-21-19(22(25)29)15-23-27(21)18-10-5-4-6-11-18/h4-6,10-11,15,17H,3,7-9,12-14H2,1-2H3. The van der Waals surface area contributed by atoms with Crippen LogP contribution < -0.4 is 5.56 Å². The van der Waals surface area contributed by atoms with Crippen LogP contribution >= 0.6 is 0 Å². The van der Waals surface area contributed by atoms with Crippen molar-refractivity contribution in [3.05, 3.63) is 52.7 Å². The van der Waals surface area contributed by atoms with Crippen LogP contribution in [0.4, 0.5) is 0 Å². The van der Waals surface area contributed by atoms with Crippen molar-refractivity contribution < 1.29 is 4.79 Å². The Morgan fingerprint density at radius 3 is 2.76 bits per heavy atom. The van der Waals surface area contributed by atoms with Crippen molar-refractivity contribution >= 4 is 16.9 Å². The smallest absolute Gasteiger partial charge is 0.264 e. The van der Waals surface area contributed by atoms with Crippen LogP contribution in [-0.4, -0.2) is 42.7 Å². The Kier molecular flexibility index (Phi) is 5.47. The number of aryl methyl sites for hydroxylation is 1. The van der Waals surface area contributed by atoms with Crippen LogP contribution in [0.2, 0.25) is 0 Å². The van der Waals surface area contributed by atoms with E-state index in [9.17, 15) is 9.59 Å². The van der Waals surface area contributed by atoms with Gasteiger partial charge in [-0.05, 0) is 44.7 Å². The average molecular weight is 393 g/mol. The maximum atomic E-state index is 13.0. The van der Waals surface area contributed by atoms with Crippen molar-refractivity contribution in [3.8, 4) is 5.69 Å². The largest absolute Gasteiger partial charge is 0.340 e. The molecule has 0 N–H and O–H groups in total. The monoisotopic (exact) mass is 393 g/mol. The maximum Gasteiger partial charge on any atom is 0.264 e. The van der Waals surface area contributed by atoms with E-state index < -0.39 is 0 Å². The zero-order valence-electron chi connectivity index (χ0n) is 17.0. The number of rotatable bonds is 5. The van der Waals surface area contributed by atoms with E-state index in [0.29, 0.717) is 35.9 Å². The highest BCUT2D eigenvalue weighted by atomic mass is 16.2. The fourth-order valence-corrected chi connectivity index (χ4v) is 4.23. The molecule has 152 valence electrons. The summed E-state index contributed by atoms with van der Waals surface area (Å²) >= 11 is 0. The molecular formula is C22H27N5O2. The summed E-state index contributed by atoms with van der Waals surface area (Å²) in [6, 6.07) is 9.97. The van der Waals surface area contributed by atoms with E-state index in [1.165, 1.54) is 6.42 Å². The maximum absolute atomic E-state index is 13.0. The SMILES string of the molecule is CCC1CCCCN1C(=O)CCn1c(C)nc2c(cnn2-c2ccccc2)c1=O. The second-order valence-electron chi connectivity index (χ2n) is 7.64. The zero-order valence-corrected chi connectivity index (χ0v) is 17.0. The lowest BCUT2D eigenvalue weighted by molar-refractivity contribution is -0.135. The number of para-hydroxylation sites is 1. The summed E-state index contributed by atoms with van der Waals surface area (Å²) in [5.74, 6) is 0.724. The zero-order chi connectivity index (χ0) is 20.4. The first-order valence-corrected chi connectivity index (χ1v) is 10.4. The Morgan fingerprint density at radius 1 is 1.21 bits per heavy atom. The van der Waals surface area contributed by atoms with Gasteiger partial charge in [-0.3, -0.25) is 14.2 Å². The molecule has 1 saturated heterocycles. The number of amides is 1. The van der Waals surface area contributed by atoms with Crippen LogP contribution in [0.15, 0.2) is 41.3 Å². The van der Waals surface area contributed by atoms with Gasteiger partial charge in [-0.15, -0.1) is 0 Å². The fraction of sp³-hybridized carbons (Fsp3) is 0.455. The topological polar surface area (TPSA) is 73.0 Å². The number of hydrogen-bond acceptors (Lipinski definition) is 4. The highest BCUT2D eigenvalue weighted by Gasteiger charge is 2.25. The summed E-state index contributed by atoms with van der Waals surface area (Å²) in [6.07, 6.45) is 6.19. The highest BCUT2D eigenvalue weighted by Crippen LogP contribution is 2.20. The van der Waals surface area contributed by atoms with E-state index in [-0.39, 0.29) is 11.5 Å². The molecule has 1 unspecified atom stereocenters. The van der Waals surface area contributed by atoms with E-state index in [2.05, 4.69) is 17.0 Å². The van der Waals surface area contributed by atoms with Gasteiger partial charge in [0.05, 0.1) is 11.9 Å². The highest BCUT2D eigenvalue weighted by molar-refractivity contribution is 5.77. The van der Waals surface area contributed by atoms with Gasteiger partial charge >= 0.3 is 0 Å². The normalized spacial score (nSPS) is 17.0. The molecule has 3 aromatic rings. The average Bonchev–Trinajstić information content (AvgIpc) is 3.18. The predicted octanol–water partition coefficient (Wildman–Crippen LogP) is 3.07. The molecule has 0 saturated carbocycles. The molecule has 2 aromatic heterocycles. The first kappa shape index (κ1) is 19.4. The third-order valence-corrected chi connectivity index (χ3v) is 5.85. The molecule has 3 heterocycles. The molecule has 7 heteroatoms. The molecule has 1 aliphatic rings. The van der Waals surface area contributed by atoms with Crippen molar-refractivity contribution in [1.29, 1.82) is 0 Å². The summed E-state index contributed by atoms with van der Waals surface area (Å²) in [4.78, 5) is 32.5. The van der Waals surface area contributed by atoms with Gasteiger partial charge in [0.2, 0.25) is 5.91 Å². The van der Waals surface area contributed by atoms with Crippen LogP contribution in [0.3, 0.4) is 0 Å². The van der Waals surface area contributed by atoms with Crippen LogP contribution in [0.1, 0.15) is 44.9 Å². The van der Waals surface area contributed by atoms with Crippen molar-refractivity contribution in [2.24, 2.45) is 0 Å². The summed E-state index contributed by atoms with van der Waals surface area (Å²) in [5.41, 5.74) is 1.26. The van der Waals surface area contributed by atoms with Gasteiger partial charge in [0.15, 0.2) is 5.65 Å². The molecule has 1 fully saturated rings.